The Balaban J connectivity index is 1.43. The highest BCUT2D eigenvalue weighted by Gasteiger charge is 2.34. The number of fused-ring (bicyclic) bond motifs is 1. The third-order valence-electron chi connectivity index (χ3n) is 8.11. The molecule has 51 heavy (non-hydrogen) atoms. The summed E-state index contributed by atoms with van der Waals surface area (Å²) in [5.41, 5.74) is 1.31. The van der Waals surface area contributed by atoms with Gasteiger partial charge >= 0.3 is 11.9 Å². The first-order valence-electron chi connectivity index (χ1n) is 15.4. The molecule has 0 bridgehead atoms. The van der Waals surface area contributed by atoms with Gasteiger partial charge in [0.25, 0.3) is 0 Å². The van der Waals surface area contributed by atoms with Crippen molar-refractivity contribution in [2.24, 2.45) is 0 Å². The Kier molecular flexibility index (Phi) is 11.2. The summed E-state index contributed by atoms with van der Waals surface area (Å²) in [5.74, 6) is 1.38. The van der Waals surface area contributed by atoms with Crippen LogP contribution in [-0.2, 0) is 6.42 Å². The largest absolute Gasteiger partial charge is 0.496 e. The van der Waals surface area contributed by atoms with Crippen LogP contribution in [0.2, 0.25) is 0 Å². The topological polar surface area (TPSA) is 156 Å². The molecule has 1 aliphatic heterocycles. The molecule has 1 aliphatic rings. The molecule has 0 spiro atoms. The van der Waals surface area contributed by atoms with Crippen molar-refractivity contribution in [1.82, 2.24) is 0 Å². The predicted octanol–water partition coefficient (Wildman–Crippen LogP) is 5.23. The maximum absolute atomic E-state index is 13.4. The molecule has 0 radical (unpaired) electrons. The van der Waals surface area contributed by atoms with Crippen LogP contribution < -0.4 is 52.1 Å². The summed E-state index contributed by atoms with van der Waals surface area (Å²) in [5, 5.41) is 11.3. The Labute approximate surface area is 294 Å². The lowest BCUT2D eigenvalue weighted by molar-refractivity contribution is 0.0195. The third kappa shape index (κ3) is 7.31. The molecule has 270 valence electrons. The van der Waals surface area contributed by atoms with Crippen molar-refractivity contribution in [3.05, 3.63) is 76.9 Å². The van der Waals surface area contributed by atoms with E-state index in [2.05, 4.69) is 0 Å². The lowest BCUT2D eigenvalue weighted by Crippen LogP contribution is -2.30. The van der Waals surface area contributed by atoms with Gasteiger partial charge in [-0.05, 0) is 42.0 Å². The number of esters is 2. The number of rotatable bonds is 13. The van der Waals surface area contributed by atoms with Crippen LogP contribution in [0.15, 0.2) is 54.6 Å². The Bertz CT molecular complexity index is 1870. The Morgan fingerprint density at radius 1 is 0.569 bits per heavy atom. The van der Waals surface area contributed by atoms with Crippen molar-refractivity contribution in [3.63, 3.8) is 0 Å². The van der Waals surface area contributed by atoms with Gasteiger partial charge in [0.1, 0.15) is 23.4 Å². The monoisotopic (exact) mass is 706 g/mol. The van der Waals surface area contributed by atoms with Gasteiger partial charge in [0.15, 0.2) is 34.5 Å². The van der Waals surface area contributed by atoms with Crippen LogP contribution in [-0.4, -0.2) is 80.0 Å². The normalized spacial score (nSPS) is 14.6. The third-order valence-corrected chi connectivity index (χ3v) is 8.11. The van der Waals surface area contributed by atoms with Gasteiger partial charge in [-0.1, -0.05) is 6.07 Å². The lowest BCUT2D eigenvalue weighted by atomic mass is 9.93. The second-order valence-corrected chi connectivity index (χ2v) is 10.9. The summed E-state index contributed by atoms with van der Waals surface area (Å²) in [4.78, 5) is 26.6. The molecule has 0 aliphatic carbocycles. The van der Waals surface area contributed by atoms with Crippen LogP contribution in [0.4, 0.5) is 0 Å². The van der Waals surface area contributed by atoms with Crippen molar-refractivity contribution >= 4 is 11.9 Å². The first-order valence-corrected chi connectivity index (χ1v) is 15.4. The van der Waals surface area contributed by atoms with Gasteiger partial charge < -0.3 is 57.2 Å². The van der Waals surface area contributed by atoms with E-state index >= 15 is 0 Å². The molecule has 0 unspecified atom stereocenters. The van der Waals surface area contributed by atoms with Crippen molar-refractivity contribution in [3.8, 4) is 63.2 Å². The molecule has 0 aromatic heterocycles. The maximum Gasteiger partial charge on any atom is 0.343 e. The van der Waals surface area contributed by atoms with Crippen molar-refractivity contribution in [2.75, 3.05) is 56.9 Å². The minimum atomic E-state index is -1.04. The van der Waals surface area contributed by atoms with Gasteiger partial charge in [-0.25, -0.2) is 9.59 Å². The highest BCUT2D eigenvalue weighted by molar-refractivity contribution is 5.93. The fourth-order valence-corrected chi connectivity index (χ4v) is 5.64. The summed E-state index contributed by atoms with van der Waals surface area (Å²) in [6.07, 6.45) is -1.82. The highest BCUT2D eigenvalue weighted by atomic mass is 16.6. The molecule has 14 nitrogen and oxygen atoms in total. The SMILES string of the molecule is COc1ccc([C@H]2Oc3cc(OC(=O)c4cc(OC)c(OC)c(OC)c4)cc(OC)c3C[C@@H]2O)cc1OC(=O)c1cc(OC)c(OC)c(OC)c1. The number of aliphatic hydroxyl groups excluding tert-OH is 1. The first-order chi connectivity index (χ1) is 24.6. The van der Waals surface area contributed by atoms with Gasteiger partial charge in [-0.15, -0.1) is 0 Å². The van der Waals surface area contributed by atoms with E-state index in [1.165, 1.54) is 93.3 Å². The molecule has 0 saturated heterocycles. The molecular weight excluding hydrogens is 668 g/mol. The molecule has 1 N–H and O–H groups in total. The number of hydrogen-bond donors (Lipinski definition) is 1. The second-order valence-electron chi connectivity index (χ2n) is 10.9. The zero-order valence-electron chi connectivity index (χ0n) is 29.3. The van der Waals surface area contributed by atoms with E-state index < -0.39 is 24.1 Å². The maximum atomic E-state index is 13.4. The predicted molar refractivity (Wildman–Crippen MR) is 181 cm³/mol. The van der Waals surface area contributed by atoms with E-state index in [1.807, 2.05) is 0 Å². The molecule has 2 atom stereocenters. The van der Waals surface area contributed by atoms with Gasteiger partial charge in [0.2, 0.25) is 11.5 Å². The average molecular weight is 707 g/mol. The number of benzene rings is 4. The smallest absolute Gasteiger partial charge is 0.343 e. The molecule has 14 heteroatoms. The Morgan fingerprint density at radius 2 is 1.06 bits per heavy atom. The summed E-state index contributed by atoms with van der Waals surface area (Å²) in [6.45, 7) is 0. The van der Waals surface area contributed by atoms with E-state index in [0.717, 1.165) is 0 Å². The Hall–Kier alpha value is -6.02. The molecule has 4 aromatic carbocycles. The fraction of sp³-hybridized carbons (Fsp3) is 0.297. The van der Waals surface area contributed by atoms with Crippen LogP contribution in [0, 0.1) is 0 Å². The first kappa shape index (κ1) is 36.3. The fourth-order valence-electron chi connectivity index (χ4n) is 5.64. The van der Waals surface area contributed by atoms with E-state index in [-0.39, 0.29) is 57.8 Å². The minimum Gasteiger partial charge on any atom is -0.496 e. The summed E-state index contributed by atoms with van der Waals surface area (Å²) >= 11 is 0. The van der Waals surface area contributed by atoms with Crippen LogP contribution in [0.5, 0.6) is 63.2 Å². The molecule has 0 amide bonds. The quantitative estimate of drug-likeness (QED) is 0.142. The van der Waals surface area contributed by atoms with Crippen molar-refractivity contribution in [1.29, 1.82) is 0 Å². The summed E-state index contributed by atoms with van der Waals surface area (Å²) in [6, 6.07) is 13.7. The zero-order valence-corrected chi connectivity index (χ0v) is 29.3. The van der Waals surface area contributed by atoms with E-state index in [1.54, 1.807) is 18.2 Å². The van der Waals surface area contributed by atoms with Crippen LogP contribution in [0.1, 0.15) is 37.9 Å². The minimum absolute atomic E-state index is 0.0703. The van der Waals surface area contributed by atoms with Gasteiger partial charge in [0.05, 0.1) is 74.1 Å². The molecule has 1 heterocycles. The number of aliphatic hydroxyl groups is 1. The molecule has 4 aromatic rings. The Morgan fingerprint density at radius 3 is 1.53 bits per heavy atom. The highest BCUT2D eigenvalue weighted by Crippen LogP contribution is 2.45. The van der Waals surface area contributed by atoms with Gasteiger partial charge in [-0.3, -0.25) is 0 Å². The van der Waals surface area contributed by atoms with E-state index in [0.29, 0.717) is 34.1 Å². The van der Waals surface area contributed by atoms with Crippen LogP contribution in [0.25, 0.3) is 0 Å². The second kappa shape index (κ2) is 15.7. The van der Waals surface area contributed by atoms with Gasteiger partial charge in [-0.2, -0.15) is 0 Å². The molecule has 0 fully saturated rings. The van der Waals surface area contributed by atoms with Gasteiger partial charge in [0, 0.05) is 24.1 Å². The van der Waals surface area contributed by atoms with E-state index in [4.69, 9.17) is 52.1 Å². The standard InChI is InChI=1S/C37H38O14/c1-41-25-10-9-19(11-28(25)51-37(40)21-14-31(45-5)35(48-8)32(15-21)46-6)33-24(38)18-23-26(42-2)16-22(17-27(23)50-33)49-36(39)20-12-29(43-3)34(47-7)30(13-20)44-4/h9-17,24,33,38H,18H2,1-8H3/t24-,33+/m0/s1. The van der Waals surface area contributed by atoms with Crippen molar-refractivity contribution in [2.45, 2.75) is 18.6 Å². The van der Waals surface area contributed by atoms with Crippen molar-refractivity contribution < 1.29 is 66.8 Å². The number of carbonyl (C=O) groups is 2. The molecule has 0 saturated carbocycles. The molecular formula is C37H38O14. The number of ether oxygens (including phenoxy) is 11. The lowest BCUT2D eigenvalue weighted by Gasteiger charge is -2.32. The van der Waals surface area contributed by atoms with Crippen LogP contribution >= 0.6 is 0 Å². The van der Waals surface area contributed by atoms with Crippen LogP contribution in [0.3, 0.4) is 0 Å². The van der Waals surface area contributed by atoms with E-state index in [9.17, 15) is 14.7 Å². The molecule has 5 rings (SSSR count). The summed E-state index contributed by atoms with van der Waals surface area (Å²) < 4.78 is 61.0. The average Bonchev–Trinajstić information content (AvgIpc) is 3.15. The summed E-state index contributed by atoms with van der Waals surface area (Å²) in [7, 11) is 11.5. The number of methoxy groups -OCH3 is 8. The number of carbonyl (C=O) groups excluding carboxylic acids is 2. The zero-order chi connectivity index (χ0) is 36.8. The number of hydrogen-bond acceptors (Lipinski definition) is 14.